The molecule has 2 aliphatic carbocycles. The van der Waals surface area contributed by atoms with Crippen LogP contribution >= 0.6 is 0 Å². The molecule has 3 aliphatic rings. The Morgan fingerprint density at radius 3 is 2.58 bits per heavy atom. The van der Waals surface area contributed by atoms with Crippen LogP contribution in [0, 0.1) is 16.7 Å². The van der Waals surface area contributed by atoms with Gasteiger partial charge in [0.25, 0.3) is 0 Å². The zero-order valence-corrected chi connectivity index (χ0v) is 15.6. The average Bonchev–Trinajstić information content (AvgIpc) is 2.80. The highest BCUT2D eigenvalue weighted by molar-refractivity contribution is 7.89. The summed E-state index contributed by atoms with van der Waals surface area (Å²) in [4.78, 5) is 23.9. The van der Waals surface area contributed by atoms with Gasteiger partial charge < -0.3 is 5.32 Å². The number of hydrogen-bond acceptors (Lipinski definition) is 4. The maximum Gasteiger partial charge on any atom is 0.217 e. The summed E-state index contributed by atoms with van der Waals surface area (Å²) >= 11 is 0. The standard InChI is InChI=1S/C17H28N2O4S/c1-12(20)18-14-5-4-8-19(10-14)24(22,23)11-17-7-6-13(9-15(17)21)16(17,2)3/h13-14H,4-11H2,1-3H3,(H,18,20). The number of ketones is 1. The lowest BCUT2D eigenvalue weighted by atomic mass is 9.70. The third-order valence-electron chi connectivity index (χ3n) is 6.75. The Balaban J connectivity index is 1.79. The molecule has 2 bridgehead atoms. The number of rotatable bonds is 4. The molecule has 24 heavy (non-hydrogen) atoms. The first-order valence-corrected chi connectivity index (χ1v) is 10.5. The van der Waals surface area contributed by atoms with E-state index in [-0.39, 0.29) is 28.9 Å². The summed E-state index contributed by atoms with van der Waals surface area (Å²) in [7, 11) is -3.52. The fourth-order valence-electron chi connectivity index (χ4n) is 5.11. The number of carbonyl (C=O) groups is 2. The lowest BCUT2D eigenvalue weighted by Crippen LogP contribution is -2.52. The predicted octanol–water partition coefficient (Wildman–Crippen LogP) is 1.31. The van der Waals surface area contributed by atoms with Crippen LogP contribution in [0.25, 0.3) is 0 Å². The van der Waals surface area contributed by atoms with E-state index in [9.17, 15) is 18.0 Å². The van der Waals surface area contributed by atoms with Gasteiger partial charge in [0.05, 0.1) is 5.75 Å². The van der Waals surface area contributed by atoms with Gasteiger partial charge in [-0.3, -0.25) is 9.59 Å². The van der Waals surface area contributed by atoms with Crippen LogP contribution in [0.2, 0.25) is 0 Å². The second kappa shape index (κ2) is 5.80. The molecule has 1 amide bonds. The number of nitrogens with zero attached hydrogens (tertiary/aromatic N) is 1. The van der Waals surface area contributed by atoms with E-state index in [1.807, 2.05) is 0 Å². The van der Waals surface area contributed by atoms with Gasteiger partial charge in [-0.2, -0.15) is 4.31 Å². The molecule has 2 saturated carbocycles. The van der Waals surface area contributed by atoms with E-state index >= 15 is 0 Å². The number of carbonyl (C=O) groups excluding carboxylic acids is 2. The summed E-state index contributed by atoms with van der Waals surface area (Å²) < 4.78 is 27.6. The first-order chi connectivity index (χ1) is 11.1. The van der Waals surface area contributed by atoms with Crippen LogP contribution in [0.4, 0.5) is 0 Å². The number of nitrogens with one attached hydrogen (secondary N) is 1. The third-order valence-corrected chi connectivity index (χ3v) is 8.73. The molecule has 3 atom stereocenters. The van der Waals surface area contributed by atoms with Crippen LogP contribution in [-0.4, -0.2) is 49.3 Å². The van der Waals surface area contributed by atoms with Gasteiger partial charge in [0, 0.05) is 37.9 Å². The highest BCUT2D eigenvalue weighted by Crippen LogP contribution is 2.64. The molecular weight excluding hydrogens is 328 g/mol. The molecule has 1 aliphatic heterocycles. The maximum atomic E-state index is 13.0. The Hall–Kier alpha value is -0.950. The van der Waals surface area contributed by atoms with E-state index in [1.165, 1.54) is 11.2 Å². The largest absolute Gasteiger partial charge is 0.352 e. The third kappa shape index (κ3) is 2.69. The zero-order chi connectivity index (χ0) is 17.8. The van der Waals surface area contributed by atoms with Crippen molar-refractivity contribution >= 4 is 21.7 Å². The molecule has 0 aromatic carbocycles. The molecule has 0 aromatic rings. The number of amides is 1. The fourth-order valence-corrected chi connectivity index (χ4v) is 7.41. The first-order valence-electron chi connectivity index (χ1n) is 8.87. The lowest BCUT2D eigenvalue weighted by Gasteiger charge is -2.39. The van der Waals surface area contributed by atoms with Crippen molar-refractivity contribution in [3.05, 3.63) is 0 Å². The van der Waals surface area contributed by atoms with Crippen molar-refractivity contribution in [2.45, 2.75) is 58.9 Å². The number of sulfonamides is 1. The Morgan fingerprint density at radius 2 is 2.04 bits per heavy atom. The normalized spacial score (nSPS) is 36.0. The van der Waals surface area contributed by atoms with Crippen LogP contribution in [-0.2, 0) is 19.6 Å². The molecule has 7 heteroatoms. The summed E-state index contributed by atoms with van der Waals surface area (Å²) in [5, 5.41) is 2.82. The molecule has 3 fully saturated rings. The summed E-state index contributed by atoms with van der Waals surface area (Å²) in [6.45, 7) is 6.36. The molecular formula is C17H28N2O4S. The van der Waals surface area contributed by atoms with E-state index in [1.54, 1.807) is 0 Å². The summed E-state index contributed by atoms with van der Waals surface area (Å²) in [5.41, 5.74) is -0.971. The van der Waals surface area contributed by atoms with Gasteiger partial charge in [-0.1, -0.05) is 13.8 Å². The second-order valence-corrected chi connectivity index (χ2v) is 10.3. The smallest absolute Gasteiger partial charge is 0.217 e. The van der Waals surface area contributed by atoms with E-state index < -0.39 is 15.4 Å². The second-order valence-electron chi connectivity index (χ2n) is 8.32. The molecule has 1 heterocycles. The van der Waals surface area contributed by atoms with E-state index in [0.717, 1.165) is 19.3 Å². The molecule has 1 saturated heterocycles. The minimum absolute atomic E-state index is 0.0743. The van der Waals surface area contributed by atoms with E-state index in [0.29, 0.717) is 31.8 Å². The molecule has 0 aromatic heterocycles. The van der Waals surface area contributed by atoms with E-state index in [4.69, 9.17) is 0 Å². The van der Waals surface area contributed by atoms with Crippen molar-refractivity contribution in [1.82, 2.24) is 9.62 Å². The predicted molar refractivity (Wildman–Crippen MR) is 90.8 cm³/mol. The molecule has 0 radical (unpaired) electrons. The van der Waals surface area contributed by atoms with Crippen molar-refractivity contribution in [3.63, 3.8) is 0 Å². The van der Waals surface area contributed by atoms with Crippen molar-refractivity contribution in [2.75, 3.05) is 18.8 Å². The first kappa shape index (κ1) is 17.9. The zero-order valence-electron chi connectivity index (χ0n) is 14.8. The van der Waals surface area contributed by atoms with Crippen molar-refractivity contribution in [1.29, 1.82) is 0 Å². The molecule has 3 rings (SSSR count). The van der Waals surface area contributed by atoms with Crippen LogP contribution in [0.15, 0.2) is 0 Å². The minimum atomic E-state index is -3.52. The Morgan fingerprint density at radius 1 is 1.33 bits per heavy atom. The van der Waals surface area contributed by atoms with Gasteiger partial charge in [0.15, 0.2) is 0 Å². The monoisotopic (exact) mass is 356 g/mol. The van der Waals surface area contributed by atoms with Gasteiger partial charge in [-0.25, -0.2) is 8.42 Å². The van der Waals surface area contributed by atoms with Gasteiger partial charge in [0.2, 0.25) is 15.9 Å². The molecule has 3 unspecified atom stereocenters. The summed E-state index contributed by atoms with van der Waals surface area (Å²) in [5.74, 6) is 0.231. The Bertz CT molecular complexity index is 658. The summed E-state index contributed by atoms with van der Waals surface area (Å²) in [6, 6.07) is -0.132. The molecule has 1 N–H and O–H groups in total. The number of piperidine rings is 1. The number of Topliss-reactive ketones (excluding diaryl/α,β-unsaturated/α-hetero) is 1. The molecule has 0 spiro atoms. The van der Waals surface area contributed by atoms with Gasteiger partial charge >= 0.3 is 0 Å². The van der Waals surface area contributed by atoms with Crippen molar-refractivity contribution < 1.29 is 18.0 Å². The molecule has 136 valence electrons. The molecule has 6 nitrogen and oxygen atoms in total. The van der Waals surface area contributed by atoms with Crippen LogP contribution < -0.4 is 5.32 Å². The van der Waals surface area contributed by atoms with Crippen molar-refractivity contribution in [2.24, 2.45) is 16.7 Å². The average molecular weight is 356 g/mol. The summed E-state index contributed by atoms with van der Waals surface area (Å²) in [6.07, 6.45) is 3.69. The Labute approximate surface area is 144 Å². The van der Waals surface area contributed by atoms with Crippen LogP contribution in [0.3, 0.4) is 0 Å². The van der Waals surface area contributed by atoms with Crippen molar-refractivity contribution in [3.8, 4) is 0 Å². The van der Waals surface area contributed by atoms with Crippen LogP contribution in [0.5, 0.6) is 0 Å². The number of hydrogen-bond donors (Lipinski definition) is 1. The quantitative estimate of drug-likeness (QED) is 0.823. The van der Waals surface area contributed by atoms with Crippen LogP contribution in [0.1, 0.15) is 52.9 Å². The van der Waals surface area contributed by atoms with E-state index in [2.05, 4.69) is 19.2 Å². The highest BCUT2D eigenvalue weighted by Gasteiger charge is 2.65. The lowest BCUT2D eigenvalue weighted by molar-refractivity contribution is -0.128. The Kier molecular flexibility index (Phi) is 4.31. The topological polar surface area (TPSA) is 83.6 Å². The SMILES string of the molecule is CC(=O)NC1CCCN(S(=O)(=O)CC23CCC(CC2=O)C3(C)C)C1. The number of fused-ring (bicyclic) bond motifs is 2. The minimum Gasteiger partial charge on any atom is -0.352 e. The fraction of sp³-hybridized carbons (Fsp3) is 0.882. The maximum absolute atomic E-state index is 13.0. The highest BCUT2D eigenvalue weighted by atomic mass is 32.2. The van der Waals surface area contributed by atoms with Gasteiger partial charge in [0.1, 0.15) is 5.78 Å². The van der Waals surface area contributed by atoms with Gasteiger partial charge in [-0.05, 0) is 37.0 Å². The van der Waals surface area contributed by atoms with Gasteiger partial charge in [-0.15, -0.1) is 0 Å².